The quantitative estimate of drug-likeness (QED) is 0.417. The molecule has 3 aromatic carbocycles. The summed E-state index contributed by atoms with van der Waals surface area (Å²) in [4.78, 5) is 34.8. The number of methoxy groups -OCH3 is 2. The molecule has 1 heterocycles. The fraction of sp³-hybridized carbons (Fsp3) is 0.323. The Bertz CT molecular complexity index is 1350. The Morgan fingerprint density at radius 2 is 1.59 bits per heavy atom. The first-order chi connectivity index (χ1) is 17.9. The van der Waals surface area contributed by atoms with Crippen molar-refractivity contribution in [3.8, 4) is 11.5 Å². The van der Waals surface area contributed by atoms with E-state index in [-0.39, 0.29) is 23.5 Å². The van der Waals surface area contributed by atoms with Gasteiger partial charge in [0, 0.05) is 18.1 Å². The Kier molecular flexibility index (Phi) is 6.83. The number of anilines is 1. The highest BCUT2D eigenvalue weighted by Crippen LogP contribution is 2.48. The second-order valence-electron chi connectivity index (χ2n) is 9.97. The third kappa shape index (κ3) is 4.52. The SMILES string of the molecule is COc1ccc(C2C3C(=O)CC(c4ccccc4)CC3=Nc3ccccc3N2C(=O)C(C)C)cc1OC. The van der Waals surface area contributed by atoms with Gasteiger partial charge in [-0.3, -0.25) is 14.6 Å². The zero-order chi connectivity index (χ0) is 26.1. The van der Waals surface area contributed by atoms with E-state index < -0.39 is 12.0 Å². The van der Waals surface area contributed by atoms with Gasteiger partial charge in [-0.2, -0.15) is 0 Å². The predicted molar refractivity (Wildman–Crippen MR) is 145 cm³/mol. The highest BCUT2D eigenvalue weighted by atomic mass is 16.5. The Labute approximate surface area is 217 Å². The molecule has 0 bridgehead atoms. The van der Waals surface area contributed by atoms with Crippen LogP contribution in [0.4, 0.5) is 11.4 Å². The number of para-hydroxylation sites is 2. The fourth-order valence-corrected chi connectivity index (χ4v) is 5.57. The molecule has 6 heteroatoms. The van der Waals surface area contributed by atoms with Crippen molar-refractivity contribution >= 4 is 28.8 Å². The summed E-state index contributed by atoms with van der Waals surface area (Å²) in [6, 6.07) is 22.9. The Balaban J connectivity index is 1.71. The van der Waals surface area contributed by atoms with E-state index in [4.69, 9.17) is 14.5 Å². The molecule has 5 rings (SSSR count). The minimum Gasteiger partial charge on any atom is -0.493 e. The van der Waals surface area contributed by atoms with Crippen molar-refractivity contribution in [2.75, 3.05) is 19.1 Å². The maximum atomic E-state index is 14.0. The van der Waals surface area contributed by atoms with Crippen LogP contribution in [0, 0.1) is 11.8 Å². The van der Waals surface area contributed by atoms with Gasteiger partial charge in [-0.15, -0.1) is 0 Å². The van der Waals surface area contributed by atoms with Gasteiger partial charge in [-0.05, 0) is 47.7 Å². The largest absolute Gasteiger partial charge is 0.493 e. The smallest absolute Gasteiger partial charge is 0.230 e. The van der Waals surface area contributed by atoms with E-state index in [1.807, 2.05) is 74.5 Å². The summed E-state index contributed by atoms with van der Waals surface area (Å²) >= 11 is 0. The zero-order valence-corrected chi connectivity index (χ0v) is 21.7. The van der Waals surface area contributed by atoms with Crippen LogP contribution in [0.1, 0.15) is 49.8 Å². The molecule has 3 unspecified atom stereocenters. The van der Waals surface area contributed by atoms with Crippen LogP contribution in [0.2, 0.25) is 0 Å². The maximum absolute atomic E-state index is 14.0. The standard InChI is InChI=1S/C31H32N2O4/c1-19(2)31(35)33-25-13-9-8-12-23(25)32-24-16-22(20-10-6-5-7-11-20)17-26(34)29(24)30(33)21-14-15-27(36-3)28(18-21)37-4/h5-15,18-19,22,29-30H,16-17H2,1-4H3. The summed E-state index contributed by atoms with van der Waals surface area (Å²) in [7, 11) is 3.18. The number of Topliss-reactive ketones (excluding diaryl/α,β-unsaturated/α-hetero) is 1. The highest BCUT2D eigenvalue weighted by Gasteiger charge is 2.46. The molecule has 0 aromatic heterocycles. The Hall–Kier alpha value is -3.93. The number of hydrogen-bond acceptors (Lipinski definition) is 5. The van der Waals surface area contributed by atoms with Gasteiger partial charge in [0.05, 0.1) is 37.6 Å². The lowest BCUT2D eigenvalue weighted by molar-refractivity contribution is -0.124. The average Bonchev–Trinajstić information content (AvgIpc) is 3.07. The van der Waals surface area contributed by atoms with Crippen LogP contribution in [0.3, 0.4) is 0 Å². The predicted octanol–water partition coefficient (Wildman–Crippen LogP) is 6.28. The lowest BCUT2D eigenvalue weighted by atomic mass is 9.72. The number of hydrogen-bond donors (Lipinski definition) is 0. The normalized spacial score (nSPS) is 21.0. The first kappa shape index (κ1) is 24.8. The molecule has 190 valence electrons. The number of fused-ring (bicyclic) bond motifs is 2. The molecular formula is C31H32N2O4. The molecule has 3 aromatic rings. The van der Waals surface area contributed by atoms with Gasteiger partial charge in [0.25, 0.3) is 0 Å². The van der Waals surface area contributed by atoms with E-state index in [9.17, 15) is 9.59 Å². The van der Waals surface area contributed by atoms with Crippen molar-refractivity contribution in [1.82, 2.24) is 0 Å². The molecule has 6 nitrogen and oxygen atoms in total. The van der Waals surface area contributed by atoms with Gasteiger partial charge in [0.1, 0.15) is 5.78 Å². The van der Waals surface area contributed by atoms with Gasteiger partial charge in [0.15, 0.2) is 11.5 Å². The third-order valence-electron chi connectivity index (χ3n) is 7.36. The minimum absolute atomic E-state index is 0.0502. The molecular weight excluding hydrogens is 464 g/mol. The molecule has 0 N–H and O–H groups in total. The highest BCUT2D eigenvalue weighted by molar-refractivity contribution is 6.13. The summed E-state index contributed by atoms with van der Waals surface area (Å²) in [5.74, 6) is 0.401. The first-order valence-electron chi connectivity index (χ1n) is 12.7. The van der Waals surface area contributed by atoms with Crippen LogP contribution in [-0.2, 0) is 9.59 Å². The van der Waals surface area contributed by atoms with Crippen LogP contribution < -0.4 is 14.4 Å². The number of ether oxygens (including phenoxy) is 2. The summed E-state index contributed by atoms with van der Waals surface area (Å²) in [6.07, 6.45) is 1.06. The lowest BCUT2D eigenvalue weighted by Gasteiger charge is -2.39. The van der Waals surface area contributed by atoms with Crippen molar-refractivity contribution in [2.45, 2.75) is 38.6 Å². The van der Waals surface area contributed by atoms with E-state index >= 15 is 0 Å². The minimum atomic E-state index is -0.562. The van der Waals surface area contributed by atoms with Gasteiger partial charge < -0.3 is 14.4 Å². The number of carbonyl (C=O) groups is 2. The second kappa shape index (κ2) is 10.2. The molecule has 37 heavy (non-hydrogen) atoms. The zero-order valence-electron chi connectivity index (χ0n) is 21.7. The molecule has 1 fully saturated rings. The molecule has 1 aliphatic carbocycles. The van der Waals surface area contributed by atoms with Crippen LogP contribution >= 0.6 is 0 Å². The summed E-state index contributed by atoms with van der Waals surface area (Å²) < 4.78 is 11.1. The topological polar surface area (TPSA) is 68.2 Å². The first-order valence-corrected chi connectivity index (χ1v) is 12.7. The van der Waals surface area contributed by atoms with Crippen molar-refractivity contribution in [2.24, 2.45) is 16.8 Å². The number of carbonyl (C=O) groups excluding carboxylic acids is 2. The van der Waals surface area contributed by atoms with E-state index in [0.29, 0.717) is 35.7 Å². The van der Waals surface area contributed by atoms with Gasteiger partial charge >= 0.3 is 0 Å². The second-order valence-corrected chi connectivity index (χ2v) is 9.97. The number of aliphatic imine (C=N–C) groups is 1. The number of rotatable bonds is 5. The van der Waals surface area contributed by atoms with Gasteiger partial charge in [-0.25, -0.2) is 0 Å². The van der Waals surface area contributed by atoms with E-state index in [2.05, 4.69) is 12.1 Å². The number of ketones is 1. The molecule has 0 saturated heterocycles. The molecule has 1 aliphatic heterocycles. The number of amides is 1. The Morgan fingerprint density at radius 3 is 2.30 bits per heavy atom. The van der Waals surface area contributed by atoms with Crippen molar-refractivity contribution < 1.29 is 19.1 Å². The van der Waals surface area contributed by atoms with E-state index in [1.165, 1.54) is 0 Å². The summed E-state index contributed by atoms with van der Waals surface area (Å²) in [5, 5.41) is 0. The fourth-order valence-electron chi connectivity index (χ4n) is 5.57. The van der Waals surface area contributed by atoms with Gasteiger partial charge in [0.2, 0.25) is 5.91 Å². The lowest BCUT2D eigenvalue weighted by Crippen LogP contribution is -2.46. The van der Waals surface area contributed by atoms with Gasteiger partial charge in [-0.1, -0.05) is 62.4 Å². The molecule has 3 atom stereocenters. The maximum Gasteiger partial charge on any atom is 0.230 e. The van der Waals surface area contributed by atoms with E-state index in [1.54, 1.807) is 19.1 Å². The molecule has 0 radical (unpaired) electrons. The van der Waals surface area contributed by atoms with Crippen molar-refractivity contribution in [3.05, 3.63) is 83.9 Å². The molecule has 1 saturated carbocycles. The van der Waals surface area contributed by atoms with Crippen LogP contribution in [-0.4, -0.2) is 31.6 Å². The Morgan fingerprint density at radius 1 is 0.892 bits per heavy atom. The third-order valence-corrected chi connectivity index (χ3v) is 7.36. The number of nitrogens with zero attached hydrogens (tertiary/aromatic N) is 2. The molecule has 2 aliphatic rings. The molecule has 1 amide bonds. The van der Waals surface area contributed by atoms with E-state index in [0.717, 1.165) is 16.8 Å². The van der Waals surface area contributed by atoms with Crippen molar-refractivity contribution in [1.29, 1.82) is 0 Å². The van der Waals surface area contributed by atoms with Crippen LogP contribution in [0.25, 0.3) is 0 Å². The van der Waals surface area contributed by atoms with Crippen molar-refractivity contribution in [3.63, 3.8) is 0 Å². The van der Waals surface area contributed by atoms with Crippen LogP contribution in [0.15, 0.2) is 77.8 Å². The average molecular weight is 497 g/mol. The monoisotopic (exact) mass is 496 g/mol. The van der Waals surface area contributed by atoms with Crippen LogP contribution in [0.5, 0.6) is 11.5 Å². The number of benzene rings is 3. The summed E-state index contributed by atoms with van der Waals surface area (Å²) in [5.41, 5.74) is 4.18. The summed E-state index contributed by atoms with van der Waals surface area (Å²) in [6.45, 7) is 3.77. The molecule has 0 spiro atoms.